The largest absolute Gasteiger partial charge is 0.459 e. The summed E-state index contributed by atoms with van der Waals surface area (Å²) in [6.45, 7) is 11.6. The molecule has 6 rings (SSSR count). The van der Waals surface area contributed by atoms with E-state index in [-0.39, 0.29) is 36.1 Å². The Morgan fingerprint density at radius 3 is 1.75 bits per heavy atom. The van der Waals surface area contributed by atoms with Crippen LogP contribution in [0.25, 0.3) is 0 Å². The van der Waals surface area contributed by atoms with Crippen molar-refractivity contribution in [3.63, 3.8) is 0 Å². The summed E-state index contributed by atoms with van der Waals surface area (Å²) in [6, 6.07) is 30.7. The SMILES string of the molecule is CC(=O)O[C@H]1[C@@H](OCc2ccccc2)C[C@@H](C)[C@]23OC(C)(C)[C@H](C[C@H](OCc4ccccc4)[C@]12C)C3OCc1ccccc1. The van der Waals surface area contributed by atoms with E-state index < -0.39 is 22.7 Å². The molecule has 44 heavy (non-hydrogen) atoms. The molecular weight excluding hydrogens is 552 g/mol. The molecule has 2 saturated carbocycles. The Morgan fingerprint density at radius 2 is 1.23 bits per heavy atom. The van der Waals surface area contributed by atoms with Gasteiger partial charge in [-0.1, -0.05) is 105 Å². The fourth-order valence-electron chi connectivity index (χ4n) is 8.46. The standard InChI is InChI=1S/C38H46O6/c1-26-21-32(40-23-28-15-9-6-10-16-28)35(43-27(2)39)37(5)33(41-24-29-17-11-7-12-18-29)22-31-34(38(26,37)44-36(31,3)4)42-25-30-19-13-8-14-20-30/h6-20,26,31-35H,21-25H2,1-5H3/t26-,31-,32+,33+,34?,35+,37-,38-/m1/s1. The van der Waals surface area contributed by atoms with Crippen molar-refractivity contribution < 1.29 is 28.5 Å². The number of fused-ring (bicyclic) bond motifs is 1. The van der Waals surface area contributed by atoms with Crippen molar-refractivity contribution in [3.05, 3.63) is 108 Å². The van der Waals surface area contributed by atoms with Crippen LogP contribution in [-0.4, -0.2) is 41.6 Å². The molecule has 3 aliphatic rings. The Labute approximate surface area is 262 Å². The van der Waals surface area contributed by atoms with Gasteiger partial charge in [0.15, 0.2) is 0 Å². The van der Waals surface area contributed by atoms with E-state index in [4.69, 9.17) is 23.7 Å². The minimum absolute atomic E-state index is 0.0354. The van der Waals surface area contributed by atoms with E-state index in [1.807, 2.05) is 54.6 Å². The number of hydrogen-bond donors (Lipinski definition) is 0. The first kappa shape index (κ1) is 31.0. The zero-order chi connectivity index (χ0) is 31.0. The van der Waals surface area contributed by atoms with Crippen LogP contribution in [0.4, 0.5) is 0 Å². The zero-order valence-corrected chi connectivity index (χ0v) is 26.6. The smallest absolute Gasteiger partial charge is 0.303 e. The molecule has 0 aromatic heterocycles. The number of hydrogen-bond acceptors (Lipinski definition) is 6. The first-order valence-corrected chi connectivity index (χ1v) is 16.0. The van der Waals surface area contributed by atoms with Gasteiger partial charge in [0.2, 0.25) is 0 Å². The summed E-state index contributed by atoms with van der Waals surface area (Å²) in [4.78, 5) is 12.8. The first-order chi connectivity index (χ1) is 21.1. The maximum absolute atomic E-state index is 12.8. The first-order valence-electron chi connectivity index (χ1n) is 16.0. The Balaban J connectivity index is 1.41. The summed E-state index contributed by atoms with van der Waals surface area (Å²) < 4.78 is 34.2. The summed E-state index contributed by atoms with van der Waals surface area (Å²) in [5.41, 5.74) is 1.29. The minimum atomic E-state index is -0.776. The van der Waals surface area contributed by atoms with Gasteiger partial charge in [0.25, 0.3) is 0 Å². The maximum atomic E-state index is 12.8. The lowest BCUT2D eigenvalue weighted by atomic mass is 9.48. The van der Waals surface area contributed by atoms with Crippen LogP contribution in [0.2, 0.25) is 0 Å². The van der Waals surface area contributed by atoms with Crippen LogP contribution in [0.3, 0.4) is 0 Å². The molecule has 3 fully saturated rings. The Kier molecular flexibility index (Phi) is 8.73. The highest BCUT2D eigenvalue weighted by molar-refractivity contribution is 5.66. The van der Waals surface area contributed by atoms with E-state index in [0.29, 0.717) is 32.7 Å². The molecule has 1 saturated heterocycles. The average molecular weight is 599 g/mol. The molecule has 3 aromatic carbocycles. The zero-order valence-electron chi connectivity index (χ0n) is 26.6. The monoisotopic (exact) mass is 598 g/mol. The maximum Gasteiger partial charge on any atom is 0.303 e. The molecule has 6 heteroatoms. The number of ether oxygens (including phenoxy) is 5. The van der Waals surface area contributed by atoms with Crippen molar-refractivity contribution in [3.8, 4) is 0 Å². The Bertz CT molecular complexity index is 1390. The molecule has 8 atom stereocenters. The number of benzene rings is 3. The molecule has 2 bridgehead atoms. The number of rotatable bonds is 10. The predicted molar refractivity (Wildman–Crippen MR) is 169 cm³/mol. The summed E-state index contributed by atoms with van der Waals surface area (Å²) >= 11 is 0. The van der Waals surface area contributed by atoms with Crippen LogP contribution in [0, 0.1) is 17.3 Å². The van der Waals surface area contributed by atoms with Crippen LogP contribution in [0.5, 0.6) is 0 Å². The molecular formula is C38H46O6. The van der Waals surface area contributed by atoms with Crippen molar-refractivity contribution in [1.82, 2.24) is 0 Å². The van der Waals surface area contributed by atoms with Gasteiger partial charge in [0.1, 0.15) is 11.7 Å². The second-order valence-corrected chi connectivity index (χ2v) is 13.6. The highest BCUT2D eigenvalue weighted by atomic mass is 16.6. The lowest BCUT2D eigenvalue weighted by Gasteiger charge is -2.64. The molecule has 6 nitrogen and oxygen atoms in total. The average Bonchev–Trinajstić information content (AvgIpc) is 3.21. The van der Waals surface area contributed by atoms with Crippen LogP contribution < -0.4 is 0 Å². The molecule has 3 aromatic rings. The topological polar surface area (TPSA) is 63.2 Å². The van der Waals surface area contributed by atoms with Gasteiger partial charge < -0.3 is 23.7 Å². The van der Waals surface area contributed by atoms with E-state index >= 15 is 0 Å². The number of esters is 1. The minimum Gasteiger partial charge on any atom is -0.459 e. The fraction of sp³-hybridized carbons (Fsp3) is 0.500. The molecule has 0 N–H and O–H groups in total. The third kappa shape index (κ3) is 5.51. The van der Waals surface area contributed by atoms with Crippen LogP contribution in [0.15, 0.2) is 91.0 Å². The fourth-order valence-corrected chi connectivity index (χ4v) is 8.46. The summed E-state index contributed by atoms with van der Waals surface area (Å²) in [5, 5.41) is 0. The molecule has 2 aliphatic carbocycles. The van der Waals surface area contributed by atoms with E-state index in [1.54, 1.807) is 0 Å². The van der Waals surface area contributed by atoms with Crippen molar-refractivity contribution in [2.75, 3.05) is 0 Å². The van der Waals surface area contributed by atoms with Gasteiger partial charge in [-0.05, 0) is 49.3 Å². The normalized spacial score (nSPS) is 33.8. The summed E-state index contributed by atoms with van der Waals surface area (Å²) in [7, 11) is 0. The van der Waals surface area contributed by atoms with E-state index in [0.717, 1.165) is 16.7 Å². The van der Waals surface area contributed by atoms with E-state index in [1.165, 1.54) is 6.92 Å². The molecule has 1 aliphatic heterocycles. The Morgan fingerprint density at radius 1 is 0.727 bits per heavy atom. The van der Waals surface area contributed by atoms with Gasteiger partial charge in [-0.3, -0.25) is 4.79 Å². The van der Waals surface area contributed by atoms with E-state index in [2.05, 4.69) is 64.1 Å². The van der Waals surface area contributed by atoms with Crippen molar-refractivity contribution in [1.29, 1.82) is 0 Å². The van der Waals surface area contributed by atoms with Crippen LogP contribution >= 0.6 is 0 Å². The van der Waals surface area contributed by atoms with Crippen LogP contribution in [0.1, 0.15) is 64.2 Å². The van der Waals surface area contributed by atoms with Crippen LogP contribution in [-0.2, 0) is 48.3 Å². The van der Waals surface area contributed by atoms with Gasteiger partial charge in [-0.15, -0.1) is 0 Å². The van der Waals surface area contributed by atoms with Crippen molar-refractivity contribution in [2.45, 2.75) is 103 Å². The highest BCUT2D eigenvalue weighted by Crippen LogP contribution is 2.68. The number of carbonyl (C=O) groups excluding carboxylic acids is 1. The molecule has 0 amide bonds. The Hall–Kier alpha value is -3.03. The third-order valence-corrected chi connectivity index (χ3v) is 10.5. The third-order valence-electron chi connectivity index (χ3n) is 10.5. The molecule has 0 radical (unpaired) electrons. The molecule has 234 valence electrons. The van der Waals surface area contributed by atoms with Gasteiger partial charge in [0, 0.05) is 12.8 Å². The van der Waals surface area contributed by atoms with Crippen molar-refractivity contribution in [2.24, 2.45) is 17.3 Å². The number of carbonyl (C=O) groups is 1. The molecule has 1 unspecified atom stereocenters. The summed E-state index contributed by atoms with van der Waals surface area (Å²) in [6.07, 6.45) is -0.0411. The van der Waals surface area contributed by atoms with E-state index in [9.17, 15) is 4.79 Å². The van der Waals surface area contributed by atoms with Gasteiger partial charge in [-0.25, -0.2) is 0 Å². The highest BCUT2D eigenvalue weighted by Gasteiger charge is 2.79. The lowest BCUT2D eigenvalue weighted by Crippen LogP contribution is -2.75. The lowest BCUT2D eigenvalue weighted by molar-refractivity contribution is -0.319. The summed E-state index contributed by atoms with van der Waals surface area (Å²) in [5.74, 6) is -0.215. The van der Waals surface area contributed by atoms with Gasteiger partial charge >= 0.3 is 5.97 Å². The van der Waals surface area contributed by atoms with Crippen molar-refractivity contribution >= 4 is 5.97 Å². The molecule has 1 heterocycles. The predicted octanol–water partition coefficient (Wildman–Crippen LogP) is 7.29. The van der Waals surface area contributed by atoms with Gasteiger partial charge in [0.05, 0.1) is 49.1 Å². The quantitative estimate of drug-likeness (QED) is 0.229. The second-order valence-electron chi connectivity index (χ2n) is 13.6. The van der Waals surface area contributed by atoms with Gasteiger partial charge in [-0.2, -0.15) is 0 Å². The molecule has 1 spiro atoms. The second kappa shape index (κ2) is 12.4.